The van der Waals surface area contributed by atoms with Crippen LogP contribution in [0.4, 0.5) is 0 Å². The molecule has 134 valence electrons. The van der Waals surface area contributed by atoms with Gasteiger partial charge in [-0.1, -0.05) is 31.9 Å². The Kier molecular flexibility index (Phi) is 6.27. The zero-order chi connectivity index (χ0) is 17.7. The molecule has 0 saturated heterocycles. The van der Waals surface area contributed by atoms with Gasteiger partial charge >= 0.3 is 5.97 Å². The first-order valence-electron chi connectivity index (χ1n) is 8.89. The monoisotopic (exact) mass is 333 g/mol. The van der Waals surface area contributed by atoms with Crippen LogP contribution < -0.4 is 4.74 Å². The van der Waals surface area contributed by atoms with Gasteiger partial charge in [0.05, 0.1) is 13.5 Å². The summed E-state index contributed by atoms with van der Waals surface area (Å²) in [6, 6.07) is 8.22. The maximum atomic E-state index is 11.7. The summed E-state index contributed by atoms with van der Waals surface area (Å²) in [6.45, 7) is 3.14. The van der Waals surface area contributed by atoms with Crippen molar-refractivity contribution >= 4 is 5.97 Å². The predicted molar refractivity (Wildman–Crippen MR) is 96.6 cm³/mol. The van der Waals surface area contributed by atoms with Gasteiger partial charge in [-0.2, -0.15) is 0 Å². The second kappa shape index (κ2) is 8.02. The first-order chi connectivity index (χ1) is 11.4. The van der Waals surface area contributed by atoms with Crippen LogP contribution in [0.2, 0.25) is 0 Å². The van der Waals surface area contributed by atoms with Gasteiger partial charge in [0.15, 0.2) is 0 Å². The van der Waals surface area contributed by atoms with E-state index in [1.54, 1.807) is 7.11 Å². The molecule has 0 radical (unpaired) electrons. The third-order valence-electron chi connectivity index (χ3n) is 5.70. The average molecular weight is 333 g/mol. The third-order valence-corrected chi connectivity index (χ3v) is 5.70. The molecule has 0 spiro atoms. The van der Waals surface area contributed by atoms with Crippen molar-refractivity contribution in [1.29, 1.82) is 0 Å². The predicted octanol–water partition coefficient (Wildman–Crippen LogP) is 4.01. The largest absolute Gasteiger partial charge is 0.497 e. The molecule has 4 nitrogen and oxygen atoms in total. The van der Waals surface area contributed by atoms with Crippen LogP contribution in [-0.4, -0.2) is 43.7 Å². The van der Waals surface area contributed by atoms with Gasteiger partial charge in [-0.05, 0) is 61.9 Å². The molecule has 1 aromatic rings. The van der Waals surface area contributed by atoms with E-state index in [4.69, 9.17) is 4.74 Å². The molecule has 3 unspecified atom stereocenters. The first-order valence-corrected chi connectivity index (χ1v) is 8.89. The minimum absolute atomic E-state index is 0.178. The molecule has 1 aromatic carbocycles. The van der Waals surface area contributed by atoms with Gasteiger partial charge in [0.2, 0.25) is 0 Å². The fraction of sp³-hybridized carbons (Fsp3) is 0.650. The number of benzene rings is 1. The van der Waals surface area contributed by atoms with Crippen LogP contribution in [0.5, 0.6) is 5.75 Å². The zero-order valence-corrected chi connectivity index (χ0v) is 15.4. The van der Waals surface area contributed by atoms with E-state index in [1.165, 1.54) is 12.0 Å². The van der Waals surface area contributed by atoms with E-state index in [2.05, 4.69) is 38.1 Å². The topological polar surface area (TPSA) is 49.8 Å². The summed E-state index contributed by atoms with van der Waals surface area (Å²) in [7, 11) is 5.80. The number of carbonyl (C=O) groups is 1. The fourth-order valence-electron chi connectivity index (χ4n) is 4.59. The molecule has 0 aliphatic heterocycles. The van der Waals surface area contributed by atoms with Gasteiger partial charge in [0.25, 0.3) is 0 Å². The molecule has 3 atom stereocenters. The van der Waals surface area contributed by atoms with Gasteiger partial charge in [-0.25, -0.2) is 0 Å². The number of carboxylic acids is 1. The lowest BCUT2D eigenvalue weighted by Gasteiger charge is -2.48. The van der Waals surface area contributed by atoms with Crippen molar-refractivity contribution in [2.24, 2.45) is 11.3 Å². The molecule has 1 aliphatic rings. The quantitative estimate of drug-likeness (QED) is 0.819. The summed E-state index contributed by atoms with van der Waals surface area (Å²) in [5, 5.41) is 9.63. The van der Waals surface area contributed by atoms with Crippen molar-refractivity contribution in [1.82, 2.24) is 4.90 Å². The van der Waals surface area contributed by atoms with E-state index in [1.807, 2.05) is 12.1 Å². The number of ether oxygens (including phenoxy) is 1. The molecule has 0 aromatic heterocycles. The smallest absolute Gasteiger partial charge is 0.303 e. The number of aliphatic carboxylic acids is 1. The molecule has 4 heteroatoms. The highest BCUT2D eigenvalue weighted by Crippen LogP contribution is 2.54. The first kappa shape index (κ1) is 18.8. The van der Waals surface area contributed by atoms with Crippen LogP contribution in [0.1, 0.15) is 50.5 Å². The van der Waals surface area contributed by atoms with Crippen LogP contribution >= 0.6 is 0 Å². The highest BCUT2D eigenvalue weighted by molar-refractivity contribution is 5.68. The summed E-state index contributed by atoms with van der Waals surface area (Å²) < 4.78 is 5.27. The average Bonchev–Trinajstić information content (AvgIpc) is 2.54. The van der Waals surface area contributed by atoms with Crippen LogP contribution in [0, 0.1) is 11.3 Å². The summed E-state index contributed by atoms with van der Waals surface area (Å²) in [4.78, 5) is 13.9. The van der Waals surface area contributed by atoms with Crippen molar-refractivity contribution in [3.63, 3.8) is 0 Å². The Labute approximate surface area is 145 Å². The van der Waals surface area contributed by atoms with Gasteiger partial charge in [-0.15, -0.1) is 0 Å². The third kappa shape index (κ3) is 4.10. The Bertz CT molecular complexity index is 540. The SMILES string of the molecule is COc1ccc(C2CCCCC2(CC(=O)O)C(C)CN(C)C)cc1. The summed E-state index contributed by atoms with van der Waals surface area (Å²) in [5.41, 5.74) is 1.07. The van der Waals surface area contributed by atoms with Crippen molar-refractivity contribution in [2.75, 3.05) is 27.7 Å². The molecular weight excluding hydrogens is 302 g/mol. The van der Waals surface area contributed by atoms with E-state index < -0.39 is 5.97 Å². The van der Waals surface area contributed by atoms with E-state index in [-0.39, 0.29) is 11.8 Å². The second-order valence-corrected chi connectivity index (χ2v) is 7.54. The number of carboxylic acid groups (broad SMARTS) is 1. The van der Waals surface area contributed by atoms with Gasteiger partial charge in [0, 0.05) is 6.54 Å². The van der Waals surface area contributed by atoms with Crippen LogP contribution in [0.15, 0.2) is 24.3 Å². The number of methoxy groups -OCH3 is 1. The maximum absolute atomic E-state index is 11.7. The van der Waals surface area contributed by atoms with Crippen LogP contribution in [0.25, 0.3) is 0 Å². The molecule has 0 amide bonds. The lowest BCUT2D eigenvalue weighted by Crippen LogP contribution is -2.43. The fourth-order valence-corrected chi connectivity index (χ4v) is 4.59. The van der Waals surface area contributed by atoms with Crippen LogP contribution in [0.3, 0.4) is 0 Å². The molecule has 0 heterocycles. The normalized spacial score (nSPS) is 25.5. The summed E-state index contributed by atoms with van der Waals surface area (Å²) >= 11 is 0. The Balaban J connectivity index is 2.40. The number of hydrogen-bond donors (Lipinski definition) is 1. The van der Waals surface area contributed by atoms with Crippen molar-refractivity contribution in [3.05, 3.63) is 29.8 Å². The Hall–Kier alpha value is -1.55. The molecule has 24 heavy (non-hydrogen) atoms. The number of rotatable bonds is 7. The van der Waals surface area contributed by atoms with E-state index in [9.17, 15) is 9.90 Å². The molecule has 1 N–H and O–H groups in total. The lowest BCUT2D eigenvalue weighted by molar-refractivity contribution is -0.142. The molecular formula is C20H31NO3. The molecule has 2 rings (SSSR count). The molecule has 0 bridgehead atoms. The maximum Gasteiger partial charge on any atom is 0.303 e. The van der Waals surface area contributed by atoms with E-state index >= 15 is 0 Å². The lowest BCUT2D eigenvalue weighted by atomic mass is 9.56. The van der Waals surface area contributed by atoms with Gasteiger partial charge in [-0.3, -0.25) is 4.79 Å². The Morgan fingerprint density at radius 3 is 2.54 bits per heavy atom. The zero-order valence-electron chi connectivity index (χ0n) is 15.4. The second-order valence-electron chi connectivity index (χ2n) is 7.54. The Morgan fingerprint density at radius 2 is 2.00 bits per heavy atom. The highest BCUT2D eigenvalue weighted by atomic mass is 16.5. The van der Waals surface area contributed by atoms with Crippen LogP contribution in [-0.2, 0) is 4.79 Å². The van der Waals surface area contributed by atoms with E-state index in [0.717, 1.165) is 31.6 Å². The van der Waals surface area contributed by atoms with Crippen molar-refractivity contribution in [2.45, 2.75) is 44.9 Å². The number of nitrogens with zero attached hydrogens (tertiary/aromatic N) is 1. The van der Waals surface area contributed by atoms with Crippen molar-refractivity contribution < 1.29 is 14.6 Å². The standard InChI is InChI=1S/C20H31NO3/c1-15(14-21(2)3)20(13-19(22)23)12-6-5-7-18(20)16-8-10-17(24-4)11-9-16/h8-11,15,18H,5-7,12-14H2,1-4H3,(H,22,23). The minimum atomic E-state index is -0.680. The molecule has 1 saturated carbocycles. The molecule has 1 fully saturated rings. The highest BCUT2D eigenvalue weighted by Gasteiger charge is 2.46. The Morgan fingerprint density at radius 1 is 1.33 bits per heavy atom. The van der Waals surface area contributed by atoms with E-state index in [0.29, 0.717) is 11.8 Å². The minimum Gasteiger partial charge on any atom is -0.497 e. The van der Waals surface area contributed by atoms with Gasteiger partial charge in [0.1, 0.15) is 5.75 Å². The van der Waals surface area contributed by atoms with Gasteiger partial charge < -0.3 is 14.7 Å². The molecule has 1 aliphatic carbocycles. The number of hydrogen-bond acceptors (Lipinski definition) is 3. The van der Waals surface area contributed by atoms with Crippen molar-refractivity contribution in [3.8, 4) is 5.75 Å². The summed E-state index contributed by atoms with van der Waals surface area (Å²) in [5.74, 6) is 0.792. The summed E-state index contributed by atoms with van der Waals surface area (Å²) in [6.07, 6.45) is 4.60.